The van der Waals surface area contributed by atoms with Crippen LogP contribution in [-0.2, 0) is 11.2 Å². The molecule has 1 heterocycles. The number of imidazole rings is 1. The second-order valence-electron chi connectivity index (χ2n) is 4.35. The first-order valence-electron chi connectivity index (χ1n) is 6.09. The van der Waals surface area contributed by atoms with E-state index in [0.29, 0.717) is 6.61 Å². The Hall–Kier alpha value is -1.65. The van der Waals surface area contributed by atoms with Gasteiger partial charge in [0, 0.05) is 13.2 Å². The Bertz CT molecular complexity index is 505. The third kappa shape index (κ3) is 2.60. The number of nitrogens with two attached hydrogens (primary N) is 1. The van der Waals surface area contributed by atoms with Gasteiger partial charge in [0.1, 0.15) is 0 Å². The molecule has 4 nitrogen and oxygen atoms in total. The lowest BCUT2D eigenvalue weighted by molar-refractivity contribution is 0.202. The maximum atomic E-state index is 5.96. The molecule has 4 heteroatoms. The van der Waals surface area contributed by atoms with Crippen molar-refractivity contribution in [3.05, 3.63) is 48.0 Å². The van der Waals surface area contributed by atoms with E-state index in [1.807, 2.05) is 31.6 Å². The van der Waals surface area contributed by atoms with Gasteiger partial charge in [-0.05, 0) is 25.0 Å². The molecule has 1 aromatic carbocycles. The summed E-state index contributed by atoms with van der Waals surface area (Å²) in [5.74, 6) is 0. The molecule has 0 amide bonds. The predicted octanol–water partition coefficient (Wildman–Crippen LogP) is 2.08. The molecule has 0 aliphatic rings. The zero-order valence-corrected chi connectivity index (χ0v) is 10.8. The quantitative estimate of drug-likeness (QED) is 0.877. The Morgan fingerprint density at radius 1 is 1.39 bits per heavy atom. The van der Waals surface area contributed by atoms with Gasteiger partial charge in [-0.15, -0.1) is 0 Å². The predicted molar refractivity (Wildman–Crippen MR) is 71.7 cm³/mol. The molecule has 2 rings (SSSR count). The number of aromatic nitrogens is 2. The monoisotopic (exact) mass is 245 g/mol. The zero-order chi connectivity index (χ0) is 13.0. The van der Waals surface area contributed by atoms with Gasteiger partial charge in [0.05, 0.1) is 30.5 Å². The van der Waals surface area contributed by atoms with E-state index in [-0.39, 0.29) is 6.04 Å². The summed E-state index contributed by atoms with van der Waals surface area (Å²) in [6.07, 6.45) is 4.51. The van der Waals surface area contributed by atoms with Gasteiger partial charge in [0.15, 0.2) is 0 Å². The van der Waals surface area contributed by atoms with E-state index in [2.05, 4.69) is 21.7 Å². The number of benzene rings is 1. The summed E-state index contributed by atoms with van der Waals surface area (Å²) in [6, 6.07) is 8.22. The van der Waals surface area contributed by atoms with Crippen molar-refractivity contribution in [2.24, 2.45) is 5.73 Å². The van der Waals surface area contributed by atoms with Crippen molar-refractivity contribution in [3.63, 3.8) is 0 Å². The lowest BCUT2D eigenvalue weighted by Crippen LogP contribution is -2.12. The van der Waals surface area contributed by atoms with Gasteiger partial charge in [0.2, 0.25) is 0 Å². The van der Waals surface area contributed by atoms with Crippen molar-refractivity contribution >= 4 is 0 Å². The van der Waals surface area contributed by atoms with E-state index in [9.17, 15) is 0 Å². The van der Waals surface area contributed by atoms with Crippen LogP contribution in [0, 0.1) is 0 Å². The first kappa shape index (κ1) is 12.8. The smallest absolute Gasteiger partial charge is 0.0994 e. The van der Waals surface area contributed by atoms with Crippen molar-refractivity contribution in [2.45, 2.75) is 19.4 Å². The van der Waals surface area contributed by atoms with Crippen LogP contribution < -0.4 is 5.73 Å². The summed E-state index contributed by atoms with van der Waals surface area (Å²) in [6.45, 7) is 2.67. The molecule has 0 fully saturated rings. The van der Waals surface area contributed by atoms with Gasteiger partial charge < -0.3 is 15.0 Å². The van der Waals surface area contributed by atoms with Gasteiger partial charge >= 0.3 is 0 Å². The normalized spacial score (nSPS) is 12.6. The van der Waals surface area contributed by atoms with Crippen LogP contribution in [0.4, 0.5) is 0 Å². The number of nitrogens with zero attached hydrogens (tertiary/aromatic N) is 2. The van der Waals surface area contributed by atoms with Crippen LogP contribution in [0.3, 0.4) is 0 Å². The van der Waals surface area contributed by atoms with Crippen molar-refractivity contribution in [2.75, 3.05) is 13.7 Å². The Morgan fingerprint density at radius 2 is 2.17 bits per heavy atom. The molecule has 0 radical (unpaired) electrons. The molecule has 0 saturated carbocycles. The van der Waals surface area contributed by atoms with Crippen molar-refractivity contribution < 1.29 is 4.74 Å². The summed E-state index contributed by atoms with van der Waals surface area (Å²) in [4.78, 5) is 4.19. The number of rotatable bonds is 5. The lowest BCUT2D eigenvalue weighted by Gasteiger charge is -2.14. The van der Waals surface area contributed by atoms with Crippen molar-refractivity contribution in [1.29, 1.82) is 0 Å². The van der Waals surface area contributed by atoms with E-state index in [1.54, 1.807) is 7.11 Å². The van der Waals surface area contributed by atoms with E-state index in [0.717, 1.165) is 17.8 Å². The maximum Gasteiger partial charge on any atom is 0.0994 e. The highest BCUT2D eigenvalue weighted by atomic mass is 16.5. The van der Waals surface area contributed by atoms with Gasteiger partial charge in [-0.2, -0.15) is 0 Å². The minimum absolute atomic E-state index is 0.0389. The first-order valence-corrected chi connectivity index (χ1v) is 6.09. The first-order chi connectivity index (χ1) is 8.74. The molecular formula is C14H19N3O. The van der Waals surface area contributed by atoms with Crippen LogP contribution in [0.5, 0.6) is 0 Å². The standard InChI is InChI=1S/C14H19N3O/c1-11(15)14-9-16-10-17(14)13-6-4-3-5-12(13)7-8-18-2/h3-6,9-11H,7-8,15H2,1-2H3. The van der Waals surface area contributed by atoms with Crippen LogP contribution >= 0.6 is 0 Å². The number of hydrogen-bond donors (Lipinski definition) is 1. The summed E-state index contributed by atoms with van der Waals surface area (Å²) in [5.41, 5.74) is 9.33. The molecule has 2 N–H and O–H groups in total. The van der Waals surface area contributed by atoms with E-state index in [1.165, 1.54) is 5.56 Å². The maximum absolute atomic E-state index is 5.96. The van der Waals surface area contributed by atoms with Gasteiger partial charge in [-0.1, -0.05) is 18.2 Å². The number of ether oxygens (including phenoxy) is 1. The largest absolute Gasteiger partial charge is 0.384 e. The molecule has 0 spiro atoms. The molecule has 96 valence electrons. The second-order valence-corrected chi connectivity index (χ2v) is 4.35. The van der Waals surface area contributed by atoms with Gasteiger partial charge in [0.25, 0.3) is 0 Å². The fourth-order valence-electron chi connectivity index (χ4n) is 2.01. The Balaban J connectivity index is 2.40. The van der Waals surface area contributed by atoms with Crippen LogP contribution in [0.1, 0.15) is 24.2 Å². The van der Waals surface area contributed by atoms with E-state index in [4.69, 9.17) is 10.5 Å². The molecule has 2 aromatic rings. The number of para-hydroxylation sites is 1. The molecular weight excluding hydrogens is 226 g/mol. The Labute approximate surface area is 107 Å². The third-order valence-electron chi connectivity index (χ3n) is 2.96. The van der Waals surface area contributed by atoms with E-state index < -0.39 is 0 Å². The molecule has 1 aromatic heterocycles. The van der Waals surface area contributed by atoms with Crippen molar-refractivity contribution in [1.82, 2.24) is 9.55 Å². The molecule has 0 aliphatic heterocycles. The summed E-state index contributed by atoms with van der Waals surface area (Å²) in [7, 11) is 1.72. The van der Waals surface area contributed by atoms with Gasteiger partial charge in [-0.3, -0.25) is 0 Å². The highest BCUT2D eigenvalue weighted by Gasteiger charge is 2.11. The summed E-state index contributed by atoms with van der Waals surface area (Å²) >= 11 is 0. The Kier molecular flexibility index (Phi) is 4.12. The lowest BCUT2D eigenvalue weighted by atomic mass is 10.1. The SMILES string of the molecule is COCCc1ccccc1-n1cncc1C(C)N. The highest BCUT2D eigenvalue weighted by molar-refractivity contribution is 5.42. The molecule has 0 saturated heterocycles. The molecule has 0 bridgehead atoms. The number of methoxy groups -OCH3 is 1. The van der Waals surface area contributed by atoms with Crippen LogP contribution in [0.15, 0.2) is 36.8 Å². The van der Waals surface area contributed by atoms with Crippen molar-refractivity contribution in [3.8, 4) is 5.69 Å². The number of hydrogen-bond acceptors (Lipinski definition) is 3. The van der Waals surface area contributed by atoms with Crippen LogP contribution in [0.2, 0.25) is 0 Å². The molecule has 0 aliphatic carbocycles. The molecule has 1 atom stereocenters. The fraction of sp³-hybridized carbons (Fsp3) is 0.357. The second kappa shape index (κ2) is 5.80. The topological polar surface area (TPSA) is 53.1 Å². The third-order valence-corrected chi connectivity index (χ3v) is 2.96. The molecule has 18 heavy (non-hydrogen) atoms. The zero-order valence-electron chi connectivity index (χ0n) is 10.8. The highest BCUT2D eigenvalue weighted by Crippen LogP contribution is 2.20. The summed E-state index contributed by atoms with van der Waals surface area (Å²) < 4.78 is 7.20. The average molecular weight is 245 g/mol. The molecule has 1 unspecified atom stereocenters. The Morgan fingerprint density at radius 3 is 2.89 bits per heavy atom. The average Bonchev–Trinajstić information content (AvgIpc) is 2.86. The van der Waals surface area contributed by atoms with Crippen LogP contribution in [-0.4, -0.2) is 23.3 Å². The fourth-order valence-corrected chi connectivity index (χ4v) is 2.01. The van der Waals surface area contributed by atoms with Crippen LogP contribution in [0.25, 0.3) is 5.69 Å². The summed E-state index contributed by atoms with van der Waals surface area (Å²) in [5, 5.41) is 0. The van der Waals surface area contributed by atoms with Gasteiger partial charge in [-0.25, -0.2) is 4.98 Å². The minimum Gasteiger partial charge on any atom is -0.384 e. The minimum atomic E-state index is -0.0389. The van der Waals surface area contributed by atoms with E-state index >= 15 is 0 Å².